The number of ether oxygens (including phenoxy) is 1. The molecule has 1 heterocycles. The van der Waals surface area contributed by atoms with Gasteiger partial charge >= 0.3 is 5.97 Å². The van der Waals surface area contributed by atoms with Gasteiger partial charge in [0.2, 0.25) is 0 Å². The van der Waals surface area contributed by atoms with Crippen LogP contribution in [0.2, 0.25) is 0 Å². The monoisotopic (exact) mass is 242 g/mol. The van der Waals surface area contributed by atoms with Crippen molar-refractivity contribution in [2.75, 3.05) is 20.2 Å². The summed E-state index contributed by atoms with van der Waals surface area (Å²) in [7, 11) is 1.45. The third-order valence-corrected chi connectivity index (χ3v) is 3.59. The number of rotatable bonds is 5. The van der Waals surface area contributed by atoms with Crippen molar-refractivity contribution < 1.29 is 9.53 Å². The van der Waals surface area contributed by atoms with Crippen molar-refractivity contribution in [2.45, 2.75) is 58.2 Å². The van der Waals surface area contributed by atoms with E-state index in [4.69, 9.17) is 4.74 Å². The van der Waals surface area contributed by atoms with Crippen LogP contribution in [0.25, 0.3) is 0 Å². The van der Waals surface area contributed by atoms with Crippen molar-refractivity contribution in [3.63, 3.8) is 0 Å². The molecule has 1 saturated heterocycles. The molecule has 4 nitrogen and oxygen atoms in total. The maximum atomic E-state index is 11.5. The maximum absolute atomic E-state index is 11.5. The fourth-order valence-corrected chi connectivity index (χ4v) is 2.36. The molecule has 1 rings (SSSR count). The summed E-state index contributed by atoms with van der Waals surface area (Å²) in [5.41, 5.74) is 0. The van der Waals surface area contributed by atoms with Gasteiger partial charge in [-0.25, -0.2) is 0 Å². The lowest BCUT2D eigenvalue weighted by Gasteiger charge is -2.36. The number of carbonyl (C=O) groups is 1. The van der Waals surface area contributed by atoms with Crippen molar-refractivity contribution in [1.29, 1.82) is 0 Å². The highest BCUT2D eigenvalue weighted by Crippen LogP contribution is 2.14. The SMILES string of the molecule is CCC(NC1CCN(C(C)C)CC1)C(=O)OC. The summed E-state index contributed by atoms with van der Waals surface area (Å²) in [6, 6.07) is 0.933. The van der Waals surface area contributed by atoms with Crippen LogP contribution in [0.5, 0.6) is 0 Å². The van der Waals surface area contributed by atoms with Gasteiger partial charge in [0.05, 0.1) is 7.11 Å². The van der Waals surface area contributed by atoms with Crippen LogP contribution in [0.1, 0.15) is 40.0 Å². The normalized spacial score (nSPS) is 20.5. The predicted octanol–water partition coefficient (Wildman–Crippen LogP) is 1.40. The van der Waals surface area contributed by atoms with E-state index in [9.17, 15) is 4.79 Å². The Morgan fingerprint density at radius 2 is 2.00 bits per heavy atom. The molecular formula is C13H26N2O2. The van der Waals surface area contributed by atoms with Crippen LogP contribution in [0.15, 0.2) is 0 Å². The highest BCUT2D eigenvalue weighted by molar-refractivity contribution is 5.75. The summed E-state index contributed by atoms with van der Waals surface area (Å²) in [5, 5.41) is 3.41. The van der Waals surface area contributed by atoms with E-state index in [-0.39, 0.29) is 12.0 Å². The first kappa shape index (κ1) is 14.5. The van der Waals surface area contributed by atoms with Crippen LogP contribution >= 0.6 is 0 Å². The van der Waals surface area contributed by atoms with Crippen LogP contribution in [0.3, 0.4) is 0 Å². The Bertz CT molecular complexity index is 236. The highest BCUT2D eigenvalue weighted by atomic mass is 16.5. The van der Waals surface area contributed by atoms with E-state index in [1.807, 2.05) is 6.92 Å². The second-order valence-electron chi connectivity index (χ2n) is 5.05. The number of nitrogens with one attached hydrogen (secondary N) is 1. The van der Waals surface area contributed by atoms with Gasteiger partial charge in [0, 0.05) is 12.1 Å². The van der Waals surface area contributed by atoms with Gasteiger partial charge in [0.1, 0.15) is 6.04 Å². The number of likely N-dealkylation sites (tertiary alicyclic amines) is 1. The predicted molar refractivity (Wildman–Crippen MR) is 69.0 cm³/mol. The van der Waals surface area contributed by atoms with Gasteiger partial charge in [-0.1, -0.05) is 6.92 Å². The highest BCUT2D eigenvalue weighted by Gasteiger charge is 2.25. The van der Waals surface area contributed by atoms with E-state index in [1.165, 1.54) is 7.11 Å². The molecule has 0 aromatic rings. The minimum atomic E-state index is -0.143. The average Bonchev–Trinajstić information content (AvgIpc) is 2.35. The van der Waals surface area contributed by atoms with Gasteiger partial charge < -0.3 is 15.0 Å². The molecule has 0 aromatic heterocycles. The molecule has 0 aromatic carbocycles. The molecule has 1 unspecified atom stereocenters. The Morgan fingerprint density at radius 3 is 2.41 bits per heavy atom. The van der Waals surface area contributed by atoms with Crippen LogP contribution in [-0.4, -0.2) is 49.2 Å². The molecule has 1 atom stereocenters. The first-order chi connectivity index (χ1) is 8.08. The van der Waals surface area contributed by atoms with Crippen molar-refractivity contribution in [2.24, 2.45) is 0 Å². The molecule has 1 N–H and O–H groups in total. The van der Waals surface area contributed by atoms with E-state index in [0.717, 1.165) is 32.4 Å². The van der Waals surface area contributed by atoms with Crippen LogP contribution in [0, 0.1) is 0 Å². The van der Waals surface area contributed by atoms with Crippen LogP contribution in [-0.2, 0) is 9.53 Å². The Labute approximate surface area is 105 Å². The molecule has 17 heavy (non-hydrogen) atoms. The minimum absolute atomic E-state index is 0.140. The van der Waals surface area contributed by atoms with E-state index in [2.05, 4.69) is 24.1 Å². The number of esters is 1. The van der Waals surface area contributed by atoms with Crippen LogP contribution in [0.4, 0.5) is 0 Å². The van der Waals surface area contributed by atoms with Gasteiger partial charge in [0.15, 0.2) is 0 Å². The van der Waals surface area contributed by atoms with Crippen LogP contribution < -0.4 is 5.32 Å². The average molecular weight is 242 g/mol. The van der Waals surface area contributed by atoms with E-state index >= 15 is 0 Å². The number of hydrogen-bond donors (Lipinski definition) is 1. The first-order valence-corrected chi connectivity index (χ1v) is 6.66. The van der Waals surface area contributed by atoms with Crippen molar-refractivity contribution in [3.8, 4) is 0 Å². The number of piperidine rings is 1. The molecule has 0 aliphatic carbocycles. The van der Waals surface area contributed by atoms with Gasteiger partial charge in [0.25, 0.3) is 0 Å². The molecule has 1 aliphatic heterocycles. The molecule has 100 valence electrons. The standard InChI is InChI=1S/C13H26N2O2/c1-5-12(13(16)17-4)14-11-6-8-15(9-7-11)10(2)3/h10-12,14H,5-9H2,1-4H3. The molecule has 4 heteroatoms. The second kappa shape index (κ2) is 6.97. The van der Waals surface area contributed by atoms with E-state index < -0.39 is 0 Å². The molecule has 0 saturated carbocycles. The maximum Gasteiger partial charge on any atom is 0.322 e. The molecular weight excluding hydrogens is 216 g/mol. The molecule has 0 spiro atoms. The van der Waals surface area contributed by atoms with Gasteiger partial charge in [-0.3, -0.25) is 4.79 Å². The summed E-state index contributed by atoms with van der Waals surface area (Å²) in [5.74, 6) is -0.140. The van der Waals surface area contributed by atoms with Gasteiger partial charge in [-0.05, 0) is 46.2 Å². The Hall–Kier alpha value is -0.610. The Kier molecular flexibility index (Phi) is 5.92. The first-order valence-electron chi connectivity index (χ1n) is 6.66. The second-order valence-corrected chi connectivity index (χ2v) is 5.05. The smallest absolute Gasteiger partial charge is 0.322 e. The van der Waals surface area contributed by atoms with Crippen molar-refractivity contribution in [1.82, 2.24) is 10.2 Å². The Balaban J connectivity index is 2.36. The van der Waals surface area contributed by atoms with E-state index in [1.54, 1.807) is 0 Å². The topological polar surface area (TPSA) is 41.6 Å². The lowest BCUT2D eigenvalue weighted by atomic mass is 10.0. The third kappa shape index (κ3) is 4.28. The fourth-order valence-electron chi connectivity index (χ4n) is 2.36. The number of carbonyl (C=O) groups excluding carboxylic acids is 1. The largest absolute Gasteiger partial charge is 0.468 e. The Morgan fingerprint density at radius 1 is 1.41 bits per heavy atom. The number of hydrogen-bond acceptors (Lipinski definition) is 4. The molecule has 0 radical (unpaired) electrons. The molecule has 1 aliphatic rings. The number of nitrogens with zero attached hydrogens (tertiary/aromatic N) is 1. The lowest BCUT2D eigenvalue weighted by molar-refractivity contribution is -0.143. The summed E-state index contributed by atoms with van der Waals surface area (Å²) >= 11 is 0. The molecule has 0 amide bonds. The van der Waals surface area contributed by atoms with Crippen molar-refractivity contribution in [3.05, 3.63) is 0 Å². The quantitative estimate of drug-likeness (QED) is 0.740. The minimum Gasteiger partial charge on any atom is -0.468 e. The number of methoxy groups -OCH3 is 1. The molecule has 1 fully saturated rings. The zero-order chi connectivity index (χ0) is 12.8. The lowest BCUT2D eigenvalue weighted by Crippen LogP contribution is -2.50. The van der Waals surface area contributed by atoms with E-state index in [0.29, 0.717) is 12.1 Å². The van der Waals surface area contributed by atoms with Gasteiger partial charge in [-0.2, -0.15) is 0 Å². The zero-order valence-electron chi connectivity index (χ0n) is 11.5. The summed E-state index contributed by atoms with van der Waals surface area (Å²) < 4.78 is 4.79. The van der Waals surface area contributed by atoms with Crippen molar-refractivity contribution >= 4 is 5.97 Å². The molecule has 0 bridgehead atoms. The zero-order valence-corrected chi connectivity index (χ0v) is 11.5. The van der Waals surface area contributed by atoms with Gasteiger partial charge in [-0.15, -0.1) is 0 Å². The fraction of sp³-hybridized carbons (Fsp3) is 0.923. The summed E-state index contributed by atoms with van der Waals surface area (Å²) in [6.07, 6.45) is 3.02. The summed E-state index contributed by atoms with van der Waals surface area (Å²) in [6.45, 7) is 8.71. The third-order valence-electron chi connectivity index (χ3n) is 3.59. The summed E-state index contributed by atoms with van der Waals surface area (Å²) in [4.78, 5) is 14.0.